The number of benzene rings is 2. The van der Waals surface area contributed by atoms with Gasteiger partial charge in [0.15, 0.2) is 0 Å². The molecule has 0 aliphatic carbocycles. The molecule has 0 aromatic heterocycles. The summed E-state index contributed by atoms with van der Waals surface area (Å²) in [5, 5.41) is 14.0. The van der Waals surface area contributed by atoms with Gasteiger partial charge < -0.3 is 10.4 Å². The van der Waals surface area contributed by atoms with Crippen LogP contribution >= 0.6 is 0 Å². The number of nitrogens with zero attached hydrogens (tertiary/aromatic N) is 1. The highest BCUT2D eigenvalue weighted by Crippen LogP contribution is 2.37. The van der Waals surface area contributed by atoms with Crippen molar-refractivity contribution in [2.75, 3.05) is 12.4 Å². The Morgan fingerprint density at radius 1 is 0.960 bits per heavy atom. The SMILES string of the molecule is CNc1ccccc1N=Cc1cc(C(C)(C)C)cc(C(C)(C)C)c1O. The van der Waals surface area contributed by atoms with Gasteiger partial charge in [-0.25, -0.2) is 0 Å². The van der Waals surface area contributed by atoms with Crippen molar-refractivity contribution in [2.45, 2.75) is 52.4 Å². The minimum Gasteiger partial charge on any atom is -0.507 e. The van der Waals surface area contributed by atoms with Crippen molar-refractivity contribution in [1.82, 2.24) is 0 Å². The Labute approximate surface area is 151 Å². The molecule has 2 N–H and O–H groups in total. The van der Waals surface area contributed by atoms with Gasteiger partial charge in [0.1, 0.15) is 5.75 Å². The number of hydrogen-bond acceptors (Lipinski definition) is 3. The summed E-state index contributed by atoms with van der Waals surface area (Å²) >= 11 is 0. The highest BCUT2D eigenvalue weighted by atomic mass is 16.3. The summed E-state index contributed by atoms with van der Waals surface area (Å²) in [4.78, 5) is 4.61. The lowest BCUT2D eigenvalue weighted by Crippen LogP contribution is -2.17. The van der Waals surface area contributed by atoms with Crippen LogP contribution in [-0.2, 0) is 10.8 Å². The zero-order valence-electron chi connectivity index (χ0n) is 16.4. The molecular weight excluding hydrogens is 308 g/mol. The maximum Gasteiger partial charge on any atom is 0.128 e. The molecule has 0 heterocycles. The van der Waals surface area contributed by atoms with E-state index < -0.39 is 0 Å². The highest BCUT2D eigenvalue weighted by Gasteiger charge is 2.24. The number of nitrogens with one attached hydrogen (secondary N) is 1. The first-order chi connectivity index (χ1) is 11.5. The van der Waals surface area contributed by atoms with Crippen LogP contribution < -0.4 is 5.32 Å². The van der Waals surface area contributed by atoms with Crippen molar-refractivity contribution in [3.05, 3.63) is 53.1 Å². The van der Waals surface area contributed by atoms with Crippen LogP contribution in [0.25, 0.3) is 0 Å². The van der Waals surface area contributed by atoms with E-state index in [1.54, 1.807) is 6.21 Å². The zero-order valence-corrected chi connectivity index (χ0v) is 16.4. The van der Waals surface area contributed by atoms with E-state index in [0.717, 1.165) is 22.5 Å². The number of hydrogen-bond donors (Lipinski definition) is 2. The standard InChI is InChI=1S/C22H30N2O/c1-21(2,3)16-12-15(20(25)17(13-16)22(4,5)6)14-24-19-11-9-8-10-18(19)23-7/h8-14,23,25H,1-7H3. The normalized spacial score (nSPS) is 12.6. The Kier molecular flexibility index (Phi) is 5.26. The first-order valence-electron chi connectivity index (χ1n) is 8.73. The Bertz CT molecular complexity index is 778. The number of phenols is 1. The molecule has 0 radical (unpaired) electrons. The molecule has 0 fully saturated rings. The lowest BCUT2D eigenvalue weighted by molar-refractivity contribution is 0.444. The molecule has 25 heavy (non-hydrogen) atoms. The van der Waals surface area contributed by atoms with Crippen molar-refractivity contribution < 1.29 is 5.11 Å². The van der Waals surface area contributed by atoms with Gasteiger partial charge in [-0.05, 0) is 34.6 Å². The number of aliphatic imine (C=N–C) groups is 1. The zero-order chi connectivity index (χ0) is 18.8. The number of phenolic OH excluding ortho intramolecular Hbond substituents is 1. The second-order valence-corrected chi connectivity index (χ2v) is 8.49. The first kappa shape index (κ1) is 19.0. The molecule has 0 aliphatic heterocycles. The van der Waals surface area contributed by atoms with Crippen molar-refractivity contribution in [3.63, 3.8) is 0 Å². The van der Waals surface area contributed by atoms with Gasteiger partial charge in [0.2, 0.25) is 0 Å². The maximum absolute atomic E-state index is 10.8. The number of anilines is 1. The average Bonchev–Trinajstić information content (AvgIpc) is 2.51. The second kappa shape index (κ2) is 6.91. The van der Waals surface area contributed by atoms with Gasteiger partial charge in [-0.15, -0.1) is 0 Å². The van der Waals surface area contributed by atoms with Crippen LogP contribution in [0.2, 0.25) is 0 Å². The van der Waals surface area contributed by atoms with Crippen LogP contribution in [0.1, 0.15) is 58.2 Å². The fourth-order valence-electron chi connectivity index (χ4n) is 2.70. The van der Waals surface area contributed by atoms with E-state index >= 15 is 0 Å². The minimum atomic E-state index is -0.142. The monoisotopic (exact) mass is 338 g/mol. The molecular formula is C22H30N2O. The maximum atomic E-state index is 10.8. The van der Waals surface area contributed by atoms with Crippen LogP contribution in [0, 0.1) is 0 Å². The largest absolute Gasteiger partial charge is 0.507 e. The molecule has 0 amide bonds. The lowest BCUT2D eigenvalue weighted by atomic mass is 9.79. The first-order valence-corrected chi connectivity index (χ1v) is 8.73. The van der Waals surface area contributed by atoms with Gasteiger partial charge in [0.05, 0.1) is 11.4 Å². The quantitative estimate of drug-likeness (QED) is 0.697. The van der Waals surface area contributed by atoms with Gasteiger partial charge in [-0.1, -0.05) is 59.7 Å². The molecule has 0 saturated carbocycles. The smallest absolute Gasteiger partial charge is 0.128 e. The minimum absolute atomic E-state index is 0.000822. The molecule has 2 aromatic carbocycles. The van der Waals surface area contributed by atoms with Gasteiger partial charge in [0, 0.05) is 24.4 Å². The summed E-state index contributed by atoms with van der Waals surface area (Å²) in [6, 6.07) is 12.0. The molecule has 0 aliphatic rings. The van der Waals surface area contributed by atoms with Crippen molar-refractivity contribution in [3.8, 4) is 5.75 Å². The van der Waals surface area contributed by atoms with Crippen LogP contribution in [-0.4, -0.2) is 18.4 Å². The molecule has 0 bridgehead atoms. The highest BCUT2D eigenvalue weighted by molar-refractivity contribution is 5.88. The van der Waals surface area contributed by atoms with E-state index in [4.69, 9.17) is 0 Å². The third kappa shape index (κ3) is 4.41. The van der Waals surface area contributed by atoms with E-state index in [1.165, 1.54) is 5.56 Å². The van der Waals surface area contributed by atoms with E-state index in [0.29, 0.717) is 5.75 Å². The van der Waals surface area contributed by atoms with E-state index in [9.17, 15) is 5.11 Å². The molecule has 3 heteroatoms. The van der Waals surface area contributed by atoms with Crippen LogP contribution in [0.4, 0.5) is 11.4 Å². The van der Waals surface area contributed by atoms with Gasteiger partial charge in [-0.3, -0.25) is 4.99 Å². The summed E-state index contributed by atoms with van der Waals surface area (Å²) in [6.45, 7) is 12.9. The lowest BCUT2D eigenvalue weighted by Gasteiger charge is -2.27. The third-order valence-electron chi connectivity index (χ3n) is 4.33. The third-order valence-corrected chi connectivity index (χ3v) is 4.33. The Morgan fingerprint density at radius 3 is 2.16 bits per heavy atom. The predicted molar refractivity (Wildman–Crippen MR) is 109 cm³/mol. The Balaban J connectivity index is 2.58. The van der Waals surface area contributed by atoms with Crippen LogP contribution in [0.3, 0.4) is 0 Å². The van der Waals surface area contributed by atoms with Crippen molar-refractivity contribution >= 4 is 17.6 Å². The number of para-hydroxylation sites is 2. The van der Waals surface area contributed by atoms with E-state index in [-0.39, 0.29) is 10.8 Å². The average molecular weight is 338 g/mol. The van der Waals surface area contributed by atoms with Crippen molar-refractivity contribution in [2.24, 2.45) is 4.99 Å². The molecule has 0 saturated heterocycles. The van der Waals surface area contributed by atoms with Crippen LogP contribution in [0.5, 0.6) is 5.75 Å². The van der Waals surface area contributed by atoms with Gasteiger partial charge in [-0.2, -0.15) is 0 Å². The Morgan fingerprint density at radius 2 is 1.60 bits per heavy atom. The summed E-state index contributed by atoms with van der Waals surface area (Å²) in [5.41, 5.74) is 4.56. The number of aromatic hydroxyl groups is 1. The summed E-state index contributed by atoms with van der Waals surface area (Å²) in [7, 11) is 1.88. The summed E-state index contributed by atoms with van der Waals surface area (Å²) in [5.74, 6) is 0.311. The fourth-order valence-corrected chi connectivity index (χ4v) is 2.70. The number of rotatable bonds is 3. The molecule has 0 unspecified atom stereocenters. The Hall–Kier alpha value is -2.29. The summed E-state index contributed by atoms with van der Waals surface area (Å²) in [6.07, 6.45) is 1.76. The van der Waals surface area contributed by atoms with Gasteiger partial charge >= 0.3 is 0 Å². The van der Waals surface area contributed by atoms with Crippen LogP contribution in [0.15, 0.2) is 41.4 Å². The second-order valence-electron chi connectivity index (χ2n) is 8.49. The predicted octanol–water partition coefficient (Wildman–Crippen LogP) is 5.78. The molecule has 0 atom stereocenters. The summed E-state index contributed by atoms with van der Waals surface area (Å²) < 4.78 is 0. The molecule has 2 aromatic rings. The van der Waals surface area contributed by atoms with E-state index in [1.807, 2.05) is 37.4 Å². The molecule has 3 nitrogen and oxygen atoms in total. The topological polar surface area (TPSA) is 44.6 Å². The fraction of sp³-hybridized carbons (Fsp3) is 0.409. The molecule has 134 valence electrons. The van der Waals surface area contributed by atoms with E-state index in [2.05, 4.69) is 57.9 Å². The van der Waals surface area contributed by atoms with Crippen molar-refractivity contribution in [1.29, 1.82) is 0 Å². The molecule has 2 rings (SSSR count). The molecule has 0 spiro atoms. The van der Waals surface area contributed by atoms with Gasteiger partial charge in [0.25, 0.3) is 0 Å².